The number of rotatable bonds is 3. The van der Waals surface area contributed by atoms with E-state index in [1.165, 1.54) is 0 Å². The highest BCUT2D eigenvalue weighted by Crippen LogP contribution is 2.27. The minimum Gasteiger partial charge on any atom is -0.487 e. The van der Waals surface area contributed by atoms with Crippen LogP contribution in [0.5, 0.6) is 5.75 Å². The van der Waals surface area contributed by atoms with Crippen molar-refractivity contribution in [1.82, 2.24) is 25.1 Å². The van der Waals surface area contributed by atoms with E-state index in [0.29, 0.717) is 0 Å². The van der Waals surface area contributed by atoms with Crippen LogP contribution in [0.2, 0.25) is 0 Å². The van der Waals surface area contributed by atoms with Crippen molar-refractivity contribution >= 4 is 32.8 Å². The molecule has 3 aromatic heterocycles. The number of nitrogens with one attached hydrogen (secondary N) is 1. The Labute approximate surface area is 134 Å². The van der Waals surface area contributed by atoms with Crippen molar-refractivity contribution < 1.29 is 4.74 Å². The molecule has 112 valence electrons. The summed E-state index contributed by atoms with van der Waals surface area (Å²) in [5.41, 5.74) is 0.755. The molecule has 1 saturated heterocycles. The monoisotopic (exact) mass is 360 g/mol. The zero-order valence-electron chi connectivity index (χ0n) is 11.6. The third kappa shape index (κ3) is 2.50. The fourth-order valence-corrected chi connectivity index (χ4v) is 3.01. The van der Waals surface area contributed by atoms with E-state index in [9.17, 15) is 0 Å². The number of aromatic nitrogens is 5. The van der Waals surface area contributed by atoms with Crippen molar-refractivity contribution in [3.63, 3.8) is 0 Å². The molecule has 0 saturated carbocycles. The van der Waals surface area contributed by atoms with Crippen LogP contribution in [0, 0.1) is 0 Å². The molecule has 1 aliphatic heterocycles. The number of fused-ring (bicyclic) bond motifs is 1. The molecule has 7 nitrogen and oxygen atoms in total. The second-order valence-electron chi connectivity index (χ2n) is 5.14. The molecule has 1 aliphatic rings. The molecule has 4 heterocycles. The molecule has 22 heavy (non-hydrogen) atoms. The molecule has 1 N–H and O–H groups in total. The summed E-state index contributed by atoms with van der Waals surface area (Å²) in [6.45, 7) is 1.67. The lowest BCUT2D eigenvalue weighted by Gasteiger charge is -2.18. The summed E-state index contributed by atoms with van der Waals surface area (Å²) >= 11 is 3.40. The zero-order chi connectivity index (χ0) is 14.9. The molecule has 1 atom stereocenters. The van der Waals surface area contributed by atoms with Crippen molar-refractivity contribution in [3.05, 3.63) is 35.5 Å². The molecular formula is C14H13BrN6O. The first-order valence-corrected chi connectivity index (χ1v) is 7.75. The van der Waals surface area contributed by atoms with Crippen LogP contribution < -0.4 is 9.64 Å². The minimum absolute atomic E-state index is 0.119. The summed E-state index contributed by atoms with van der Waals surface area (Å²) < 4.78 is 6.91. The van der Waals surface area contributed by atoms with Crippen LogP contribution in [-0.4, -0.2) is 44.3 Å². The normalized spacial score (nSPS) is 18.0. The Balaban J connectivity index is 1.51. The Kier molecular flexibility index (Phi) is 3.38. The van der Waals surface area contributed by atoms with E-state index in [2.05, 4.69) is 46.0 Å². The van der Waals surface area contributed by atoms with Crippen molar-refractivity contribution in [2.24, 2.45) is 0 Å². The van der Waals surface area contributed by atoms with Crippen LogP contribution in [0.1, 0.15) is 6.42 Å². The molecular weight excluding hydrogens is 348 g/mol. The van der Waals surface area contributed by atoms with Crippen molar-refractivity contribution in [3.8, 4) is 5.75 Å². The largest absolute Gasteiger partial charge is 0.487 e. The van der Waals surface area contributed by atoms with Crippen LogP contribution in [0.15, 0.2) is 35.5 Å². The van der Waals surface area contributed by atoms with Gasteiger partial charge in [-0.1, -0.05) is 0 Å². The summed E-state index contributed by atoms with van der Waals surface area (Å²) in [4.78, 5) is 14.9. The van der Waals surface area contributed by atoms with Crippen molar-refractivity contribution in [1.29, 1.82) is 0 Å². The van der Waals surface area contributed by atoms with Gasteiger partial charge in [0, 0.05) is 23.6 Å². The van der Waals surface area contributed by atoms with E-state index < -0.39 is 0 Å². The van der Waals surface area contributed by atoms with Gasteiger partial charge in [0.1, 0.15) is 24.0 Å². The van der Waals surface area contributed by atoms with E-state index in [-0.39, 0.29) is 6.10 Å². The minimum atomic E-state index is 0.119. The van der Waals surface area contributed by atoms with Gasteiger partial charge in [-0.05, 0) is 22.0 Å². The third-order valence-corrected chi connectivity index (χ3v) is 4.09. The summed E-state index contributed by atoms with van der Waals surface area (Å²) in [5.74, 6) is 1.68. The van der Waals surface area contributed by atoms with Crippen LogP contribution in [0.3, 0.4) is 0 Å². The van der Waals surface area contributed by atoms with Gasteiger partial charge in [0.25, 0.3) is 0 Å². The van der Waals surface area contributed by atoms with E-state index in [1.54, 1.807) is 24.9 Å². The van der Waals surface area contributed by atoms with Gasteiger partial charge in [-0.2, -0.15) is 5.10 Å². The van der Waals surface area contributed by atoms with Gasteiger partial charge >= 0.3 is 0 Å². The Bertz CT molecular complexity index is 807. The van der Waals surface area contributed by atoms with Crippen molar-refractivity contribution in [2.75, 3.05) is 18.0 Å². The Morgan fingerprint density at radius 3 is 3.14 bits per heavy atom. The first kappa shape index (κ1) is 13.4. The topological polar surface area (TPSA) is 79.8 Å². The highest BCUT2D eigenvalue weighted by atomic mass is 79.9. The molecule has 0 radical (unpaired) electrons. The predicted octanol–water partition coefficient (Wildman–Crippen LogP) is 2.17. The number of hydrogen-bond donors (Lipinski definition) is 1. The molecule has 0 aliphatic carbocycles. The quantitative estimate of drug-likeness (QED) is 0.770. The summed E-state index contributed by atoms with van der Waals surface area (Å²) in [6.07, 6.45) is 7.85. The van der Waals surface area contributed by atoms with Gasteiger partial charge in [-0.25, -0.2) is 9.97 Å². The first-order valence-electron chi connectivity index (χ1n) is 6.96. The van der Waals surface area contributed by atoms with Crippen LogP contribution >= 0.6 is 15.9 Å². The maximum atomic E-state index is 6.00. The standard InChI is InChI=1S/C14H13BrN6O/c15-9-3-11(5-16-4-9)22-10-1-2-21(7-10)14-12-6-19-20-13(12)17-8-18-14/h3-6,8,10H,1-2,7H2,(H,17,18,19,20). The van der Waals surface area contributed by atoms with Crippen molar-refractivity contribution in [2.45, 2.75) is 12.5 Å². The number of pyridine rings is 1. The van der Waals surface area contributed by atoms with E-state index in [1.807, 2.05) is 6.07 Å². The van der Waals surface area contributed by atoms with E-state index in [4.69, 9.17) is 4.74 Å². The Morgan fingerprint density at radius 2 is 2.23 bits per heavy atom. The van der Waals surface area contributed by atoms with Gasteiger partial charge in [0.15, 0.2) is 5.65 Å². The fraction of sp³-hybridized carbons (Fsp3) is 0.286. The Hall–Kier alpha value is -2.22. The molecule has 1 fully saturated rings. The van der Waals surface area contributed by atoms with Gasteiger partial charge in [0.05, 0.1) is 24.3 Å². The van der Waals surface area contributed by atoms with Crippen LogP contribution in [0.4, 0.5) is 5.82 Å². The number of H-pyrrole nitrogens is 1. The number of ether oxygens (including phenoxy) is 1. The number of anilines is 1. The molecule has 8 heteroatoms. The molecule has 3 aromatic rings. The molecule has 0 aromatic carbocycles. The zero-order valence-corrected chi connectivity index (χ0v) is 13.2. The molecule has 0 spiro atoms. The molecule has 0 amide bonds. The van der Waals surface area contributed by atoms with Gasteiger partial charge in [-0.15, -0.1) is 0 Å². The van der Waals surface area contributed by atoms with E-state index >= 15 is 0 Å². The third-order valence-electron chi connectivity index (χ3n) is 3.65. The molecule has 1 unspecified atom stereocenters. The highest BCUT2D eigenvalue weighted by molar-refractivity contribution is 9.10. The smallest absolute Gasteiger partial charge is 0.160 e. The first-order chi connectivity index (χ1) is 10.8. The maximum Gasteiger partial charge on any atom is 0.160 e. The lowest BCUT2D eigenvalue weighted by atomic mass is 10.3. The summed E-state index contributed by atoms with van der Waals surface area (Å²) in [7, 11) is 0. The number of hydrogen-bond acceptors (Lipinski definition) is 6. The average molecular weight is 361 g/mol. The summed E-state index contributed by atoms with van der Waals surface area (Å²) in [5, 5.41) is 7.84. The lowest BCUT2D eigenvalue weighted by Crippen LogP contribution is -2.25. The number of aromatic amines is 1. The molecule has 4 rings (SSSR count). The van der Waals surface area contributed by atoms with Gasteiger partial charge in [0.2, 0.25) is 0 Å². The maximum absolute atomic E-state index is 6.00. The van der Waals surface area contributed by atoms with E-state index in [0.717, 1.165) is 46.6 Å². The van der Waals surface area contributed by atoms with Gasteiger partial charge < -0.3 is 9.64 Å². The second-order valence-corrected chi connectivity index (χ2v) is 6.06. The number of nitrogens with zero attached hydrogens (tertiary/aromatic N) is 5. The fourth-order valence-electron chi connectivity index (χ4n) is 2.67. The SMILES string of the molecule is Brc1cncc(OC2CCN(c3ncnc4[nH]ncc34)C2)c1. The predicted molar refractivity (Wildman–Crippen MR) is 84.9 cm³/mol. The van der Waals surface area contributed by atoms with Gasteiger partial charge in [-0.3, -0.25) is 10.1 Å². The Morgan fingerprint density at radius 1 is 1.27 bits per heavy atom. The van der Waals surface area contributed by atoms with Crippen LogP contribution in [0.25, 0.3) is 11.0 Å². The second kappa shape index (κ2) is 5.53. The lowest BCUT2D eigenvalue weighted by molar-refractivity contribution is 0.224. The highest BCUT2D eigenvalue weighted by Gasteiger charge is 2.26. The average Bonchev–Trinajstić information content (AvgIpc) is 3.15. The number of halogens is 1. The van der Waals surface area contributed by atoms with Crippen LogP contribution in [-0.2, 0) is 0 Å². The summed E-state index contributed by atoms with van der Waals surface area (Å²) in [6, 6.07) is 1.93. The molecule has 0 bridgehead atoms.